The molecule has 0 fully saturated rings. The van der Waals surface area contributed by atoms with Crippen LogP contribution in [0.5, 0.6) is 0 Å². The SMILES string of the molecule is CCCCCCCCCCCCCCCCC=CP(C)(C)=O. The van der Waals surface area contributed by atoms with Crippen molar-refractivity contribution in [3.05, 3.63) is 11.9 Å². The zero-order valence-electron chi connectivity index (χ0n) is 15.6. The Kier molecular flexibility index (Phi) is 15.8. The highest BCUT2D eigenvalue weighted by atomic mass is 31.2. The lowest BCUT2D eigenvalue weighted by Crippen LogP contribution is -1.83. The molecule has 0 aromatic rings. The average Bonchev–Trinajstić information content (AvgIpc) is 2.45. The van der Waals surface area contributed by atoms with Crippen LogP contribution >= 0.6 is 7.14 Å². The van der Waals surface area contributed by atoms with E-state index in [1.165, 1.54) is 89.9 Å². The molecular formula is C20H41OP. The molecule has 0 rings (SSSR count). The Morgan fingerprint density at radius 3 is 1.36 bits per heavy atom. The molecule has 0 aliphatic heterocycles. The second kappa shape index (κ2) is 15.9. The van der Waals surface area contributed by atoms with Crippen LogP contribution in [-0.2, 0) is 4.57 Å². The first-order valence-electron chi connectivity index (χ1n) is 9.78. The molecule has 0 aromatic carbocycles. The predicted octanol–water partition coefficient (Wildman–Crippen LogP) is 7.99. The molecule has 0 saturated carbocycles. The Morgan fingerprint density at radius 1 is 0.636 bits per heavy atom. The van der Waals surface area contributed by atoms with Crippen molar-refractivity contribution >= 4 is 7.14 Å². The Hall–Kier alpha value is -0.0300. The normalized spacial score (nSPS) is 12.3. The van der Waals surface area contributed by atoms with Gasteiger partial charge in [-0.2, -0.15) is 0 Å². The molecule has 2 heteroatoms. The first kappa shape index (κ1) is 22.0. The standard InChI is InChI=1S/C20H41OP/c1-4-5-6-7-8-9-10-11-12-13-14-15-16-17-18-19-20-22(2,3)21/h19-20H,4-18H2,1-3H3. The van der Waals surface area contributed by atoms with Crippen LogP contribution in [0.4, 0.5) is 0 Å². The molecule has 0 amide bonds. The number of rotatable bonds is 16. The minimum atomic E-state index is -1.93. The van der Waals surface area contributed by atoms with Crippen LogP contribution in [0.3, 0.4) is 0 Å². The van der Waals surface area contributed by atoms with Gasteiger partial charge in [0.05, 0.1) is 0 Å². The smallest absolute Gasteiger partial charge is 0.102 e. The second-order valence-electron chi connectivity index (χ2n) is 7.20. The van der Waals surface area contributed by atoms with Crippen LogP contribution in [0.25, 0.3) is 0 Å². The van der Waals surface area contributed by atoms with E-state index in [9.17, 15) is 4.57 Å². The summed E-state index contributed by atoms with van der Waals surface area (Å²) in [7, 11) is -1.93. The van der Waals surface area contributed by atoms with Crippen molar-refractivity contribution in [2.45, 2.75) is 103 Å². The van der Waals surface area contributed by atoms with E-state index >= 15 is 0 Å². The Bertz CT molecular complexity index is 290. The first-order chi connectivity index (χ1) is 10.6. The molecule has 0 unspecified atom stereocenters. The number of allylic oxidation sites excluding steroid dienone is 1. The molecule has 0 heterocycles. The van der Waals surface area contributed by atoms with Gasteiger partial charge in [-0.15, -0.1) is 0 Å². The van der Waals surface area contributed by atoms with Gasteiger partial charge in [0.15, 0.2) is 0 Å². The minimum absolute atomic E-state index is 1.10. The third kappa shape index (κ3) is 20.0. The highest BCUT2D eigenvalue weighted by Gasteiger charge is 1.98. The molecule has 0 saturated heterocycles. The summed E-state index contributed by atoms with van der Waals surface area (Å²) in [5.41, 5.74) is 0. The lowest BCUT2D eigenvalue weighted by molar-refractivity contribution is 0.536. The third-order valence-corrected chi connectivity index (χ3v) is 5.12. The monoisotopic (exact) mass is 328 g/mol. The average molecular weight is 329 g/mol. The molecular weight excluding hydrogens is 287 g/mol. The first-order valence-corrected chi connectivity index (χ1v) is 12.5. The molecule has 0 bridgehead atoms. The maximum atomic E-state index is 11.5. The largest absolute Gasteiger partial charge is 0.320 e. The molecule has 132 valence electrons. The fraction of sp³-hybridized carbons (Fsp3) is 0.900. The van der Waals surface area contributed by atoms with Gasteiger partial charge >= 0.3 is 0 Å². The molecule has 22 heavy (non-hydrogen) atoms. The molecule has 1 nitrogen and oxygen atoms in total. The van der Waals surface area contributed by atoms with E-state index in [1.54, 1.807) is 0 Å². The molecule has 0 radical (unpaired) electrons. The predicted molar refractivity (Wildman–Crippen MR) is 104 cm³/mol. The maximum Gasteiger partial charge on any atom is 0.102 e. The molecule has 0 aromatic heterocycles. The van der Waals surface area contributed by atoms with E-state index in [0.717, 1.165) is 6.42 Å². The summed E-state index contributed by atoms with van der Waals surface area (Å²) < 4.78 is 11.5. The second-order valence-corrected chi connectivity index (χ2v) is 10.4. The van der Waals surface area contributed by atoms with Gasteiger partial charge in [-0.25, -0.2) is 0 Å². The summed E-state index contributed by atoms with van der Waals surface area (Å²) in [4.78, 5) is 0. The Labute approximate surface area is 140 Å². The van der Waals surface area contributed by atoms with Gasteiger partial charge < -0.3 is 4.57 Å². The maximum absolute atomic E-state index is 11.5. The highest BCUT2D eigenvalue weighted by Crippen LogP contribution is 2.37. The topological polar surface area (TPSA) is 17.1 Å². The summed E-state index contributed by atoms with van der Waals surface area (Å²) in [5.74, 6) is 1.91. The van der Waals surface area contributed by atoms with E-state index in [1.807, 2.05) is 19.1 Å². The Morgan fingerprint density at radius 2 is 1.00 bits per heavy atom. The zero-order chi connectivity index (χ0) is 16.5. The van der Waals surface area contributed by atoms with Crippen molar-refractivity contribution in [2.75, 3.05) is 13.3 Å². The van der Waals surface area contributed by atoms with Gasteiger partial charge in [0.2, 0.25) is 0 Å². The summed E-state index contributed by atoms with van der Waals surface area (Å²) in [6.45, 7) is 5.94. The van der Waals surface area contributed by atoms with Crippen LogP contribution < -0.4 is 0 Å². The van der Waals surface area contributed by atoms with Gasteiger partial charge in [0, 0.05) is 0 Å². The number of hydrogen-bond donors (Lipinski definition) is 0. The van der Waals surface area contributed by atoms with Crippen molar-refractivity contribution in [1.29, 1.82) is 0 Å². The van der Waals surface area contributed by atoms with Gasteiger partial charge in [-0.05, 0) is 32.0 Å². The summed E-state index contributed by atoms with van der Waals surface area (Å²) in [6.07, 6.45) is 22.9. The van der Waals surface area contributed by atoms with Crippen molar-refractivity contribution < 1.29 is 4.57 Å². The van der Waals surface area contributed by atoms with Gasteiger partial charge in [0.25, 0.3) is 0 Å². The van der Waals surface area contributed by atoms with E-state index in [2.05, 4.69) is 13.0 Å². The molecule has 0 N–H and O–H groups in total. The summed E-state index contributed by atoms with van der Waals surface area (Å²) in [5, 5.41) is 0. The van der Waals surface area contributed by atoms with Crippen LogP contribution in [0.2, 0.25) is 0 Å². The summed E-state index contributed by atoms with van der Waals surface area (Å²) in [6, 6.07) is 0. The fourth-order valence-electron chi connectivity index (χ4n) is 2.79. The van der Waals surface area contributed by atoms with Crippen molar-refractivity contribution in [3.8, 4) is 0 Å². The van der Waals surface area contributed by atoms with Crippen LogP contribution in [-0.4, -0.2) is 13.3 Å². The van der Waals surface area contributed by atoms with E-state index < -0.39 is 7.14 Å². The van der Waals surface area contributed by atoms with Gasteiger partial charge in [-0.1, -0.05) is 96.5 Å². The minimum Gasteiger partial charge on any atom is -0.320 e. The van der Waals surface area contributed by atoms with Crippen molar-refractivity contribution in [2.24, 2.45) is 0 Å². The highest BCUT2D eigenvalue weighted by molar-refractivity contribution is 7.65. The molecule has 0 aliphatic carbocycles. The number of hydrogen-bond acceptors (Lipinski definition) is 1. The third-order valence-electron chi connectivity index (χ3n) is 4.19. The lowest BCUT2D eigenvalue weighted by atomic mass is 10.0. The van der Waals surface area contributed by atoms with E-state index in [0.29, 0.717) is 0 Å². The Balaban J connectivity index is 3.09. The quantitative estimate of drug-likeness (QED) is 0.207. The lowest BCUT2D eigenvalue weighted by Gasteiger charge is -2.03. The van der Waals surface area contributed by atoms with E-state index in [-0.39, 0.29) is 0 Å². The van der Waals surface area contributed by atoms with Crippen LogP contribution in [0.1, 0.15) is 103 Å². The van der Waals surface area contributed by atoms with Gasteiger partial charge in [-0.3, -0.25) is 0 Å². The van der Waals surface area contributed by atoms with E-state index in [4.69, 9.17) is 0 Å². The summed E-state index contributed by atoms with van der Waals surface area (Å²) >= 11 is 0. The fourth-order valence-corrected chi connectivity index (χ4v) is 3.44. The van der Waals surface area contributed by atoms with Crippen LogP contribution in [0, 0.1) is 0 Å². The zero-order valence-corrected chi connectivity index (χ0v) is 16.5. The molecule has 0 aliphatic rings. The van der Waals surface area contributed by atoms with Crippen molar-refractivity contribution in [1.82, 2.24) is 0 Å². The van der Waals surface area contributed by atoms with Gasteiger partial charge in [0.1, 0.15) is 7.14 Å². The van der Waals surface area contributed by atoms with Crippen molar-refractivity contribution in [3.63, 3.8) is 0 Å². The molecule has 0 atom stereocenters. The van der Waals surface area contributed by atoms with Crippen LogP contribution in [0.15, 0.2) is 11.9 Å². The molecule has 0 spiro atoms. The number of unbranched alkanes of at least 4 members (excludes halogenated alkanes) is 14.